The topological polar surface area (TPSA) is 39.2 Å². The van der Waals surface area contributed by atoms with E-state index in [0.29, 0.717) is 0 Å². The lowest BCUT2D eigenvalue weighted by Gasteiger charge is -2.14. The lowest BCUT2D eigenvalue weighted by molar-refractivity contribution is 0.0601. The second kappa shape index (κ2) is 6.77. The van der Waals surface area contributed by atoms with Gasteiger partial charge in [-0.3, -0.25) is 0 Å². The number of ether oxygens (including phenoxy) is 1. The molecular weight excluding hydrogens is 398 g/mol. The number of carbonyl (C=O) groups excluding carboxylic acids is 1. The number of carbonyl (C=O) groups is 1. The third kappa shape index (κ3) is 2.99. The van der Waals surface area contributed by atoms with Gasteiger partial charge in [-0.15, -0.1) is 0 Å². The molecule has 0 fully saturated rings. The molecule has 3 nitrogen and oxygen atoms in total. The van der Waals surface area contributed by atoms with E-state index in [0.717, 1.165) is 19.4 Å². The average Bonchev–Trinajstić information content (AvgIpc) is 2.51. The quantitative estimate of drug-likeness (QED) is 0.270. The molecule has 116 valence electrons. The number of rotatable bonds is 2. The third-order valence-electron chi connectivity index (χ3n) is 2.76. The first kappa shape index (κ1) is 17.6. The predicted octanol–water partition coefficient (Wildman–Crippen LogP) is 5.94. The zero-order valence-electron chi connectivity index (χ0n) is 10.7. The number of hydrogen-bond donors (Lipinski definition) is 0. The molecule has 0 N–H and O–H groups in total. The normalized spacial score (nSPS) is 10.7. The van der Waals surface area contributed by atoms with Crippen LogP contribution in [0.15, 0.2) is 12.3 Å². The van der Waals surface area contributed by atoms with Crippen molar-refractivity contribution >= 4 is 64.0 Å². The molecule has 0 saturated heterocycles. The van der Waals surface area contributed by atoms with Gasteiger partial charge in [-0.2, -0.15) is 4.39 Å². The summed E-state index contributed by atoms with van der Waals surface area (Å²) in [6, 6.07) is 0.893. The van der Waals surface area contributed by atoms with Gasteiger partial charge in [-0.25, -0.2) is 9.78 Å². The van der Waals surface area contributed by atoms with E-state index in [1.165, 1.54) is 0 Å². The van der Waals surface area contributed by atoms with Crippen LogP contribution in [0, 0.1) is 5.95 Å². The minimum Gasteiger partial charge on any atom is -0.465 e. The first-order chi connectivity index (χ1) is 10.3. The van der Waals surface area contributed by atoms with Crippen LogP contribution in [0.5, 0.6) is 0 Å². The van der Waals surface area contributed by atoms with Gasteiger partial charge in [0.05, 0.1) is 37.8 Å². The fourth-order valence-corrected chi connectivity index (χ4v) is 3.09. The van der Waals surface area contributed by atoms with Crippen molar-refractivity contribution in [3.05, 3.63) is 48.9 Å². The molecule has 1 aromatic carbocycles. The molecule has 1 heterocycles. The Morgan fingerprint density at radius 3 is 2.05 bits per heavy atom. The summed E-state index contributed by atoms with van der Waals surface area (Å²) < 4.78 is 17.9. The van der Waals surface area contributed by atoms with Crippen molar-refractivity contribution in [2.45, 2.75) is 0 Å². The summed E-state index contributed by atoms with van der Waals surface area (Å²) in [5.74, 6) is -1.67. The van der Waals surface area contributed by atoms with Crippen LogP contribution in [0.25, 0.3) is 11.1 Å². The van der Waals surface area contributed by atoms with Crippen LogP contribution in [0.3, 0.4) is 0 Å². The van der Waals surface area contributed by atoms with E-state index in [4.69, 9.17) is 58.0 Å². The molecule has 9 heteroatoms. The minimum absolute atomic E-state index is 0.0308. The smallest absolute Gasteiger partial charge is 0.338 e. The summed E-state index contributed by atoms with van der Waals surface area (Å²) in [4.78, 5) is 15.3. The Bertz CT molecular complexity index is 753. The van der Waals surface area contributed by atoms with Gasteiger partial charge < -0.3 is 4.74 Å². The van der Waals surface area contributed by atoms with Gasteiger partial charge in [-0.1, -0.05) is 58.0 Å². The maximum Gasteiger partial charge on any atom is 0.338 e. The van der Waals surface area contributed by atoms with Crippen molar-refractivity contribution < 1.29 is 13.9 Å². The highest BCUT2D eigenvalue weighted by atomic mass is 35.5. The Hall–Kier alpha value is -0.780. The van der Waals surface area contributed by atoms with Gasteiger partial charge in [0.1, 0.15) is 0 Å². The minimum atomic E-state index is -0.873. The second-order valence-corrected chi connectivity index (χ2v) is 5.88. The second-order valence-electron chi connectivity index (χ2n) is 3.99. The van der Waals surface area contributed by atoms with Crippen LogP contribution < -0.4 is 0 Å². The zero-order chi connectivity index (χ0) is 16.6. The number of nitrogens with zero attached hydrogens (tertiary/aromatic N) is 1. The fourth-order valence-electron chi connectivity index (χ4n) is 1.75. The van der Waals surface area contributed by atoms with Crippen molar-refractivity contribution in [2.75, 3.05) is 7.11 Å². The molecule has 1 aromatic heterocycles. The number of pyridine rings is 1. The van der Waals surface area contributed by atoms with Crippen molar-refractivity contribution in [3.8, 4) is 11.1 Å². The Kier molecular flexibility index (Phi) is 5.41. The highest BCUT2D eigenvalue weighted by Crippen LogP contribution is 2.48. The number of benzene rings is 1. The molecule has 0 aliphatic heterocycles. The monoisotopic (exact) mass is 401 g/mol. The molecule has 0 amide bonds. The van der Waals surface area contributed by atoms with Gasteiger partial charge in [0.15, 0.2) is 0 Å². The first-order valence-corrected chi connectivity index (χ1v) is 7.44. The van der Waals surface area contributed by atoms with E-state index in [2.05, 4.69) is 9.72 Å². The van der Waals surface area contributed by atoms with Crippen LogP contribution >= 0.6 is 58.0 Å². The summed E-state index contributed by atoms with van der Waals surface area (Å²) >= 11 is 30.2. The lowest BCUT2D eigenvalue weighted by atomic mass is 10.0. The molecule has 22 heavy (non-hydrogen) atoms. The molecule has 0 atom stereocenters. The number of hydrogen-bond acceptors (Lipinski definition) is 3. The molecular formula is C13H5Cl5FNO2. The molecule has 0 aliphatic rings. The highest BCUT2D eigenvalue weighted by Gasteiger charge is 2.25. The van der Waals surface area contributed by atoms with Gasteiger partial charge in [-0.05, 0) is 0 Å². The van der Waals surface area contributed by atoms with E-state index in [9.17, 15) is 9.18 Å². The van der Waals surface area contributed by atoms with E-state index < -0.39 is 11.9 Å². The van der Waals surface area contributed by atoms with Crippen molar-refractivity contribution in [2.24, 2.45) is 0 Å². The van der Waals surface area contributed by atoms with Crippen molar-refractivity contribution in [1.29, 1.82) is 0 Å². The largest absolute Gasteiger partial charge is 0.465 e. The average molecular weight is 403 g/mol. The Labute approximate surface area is 149 Å². The maximum atomic E-state index is 13.3. The van der Waals surface area contributed by atoms with E-state index in [1.807, 2.05) is 0 Å². The summed E-state index contributed by atoms with van der Waals surface area (Å²) in [7, 11) is 1.15. The van der Waals surface area contributed by atoms with Crippen LogP contribution in [0.4, 0.5) is 4.39 Å². The van der Waals surface area contributed by atoms with Gasteiger partial charge in [0.2, 0.25) is 5.95 Å². The molecule has 0 bridgehead atoms. The molecule has 0 unspecified atom stereocenters. The molecule has 2 rings (SSSR count). The van der Waals surface area contributed by atoms with Gasteiger partial charge >= 0.3 is 5.97 Å². The Morgan fingerprint density at radius 2 is 1.55 bits per heavy atom. The SMILES string of the molecule is COC(=O)c1cc(F)ncc1-c1c(Cl)c(Cl)c(Cl)c(Cl)c1Cl. The van der Waals surface area contributed by atoms with Gasteiger partial charge in [0.25, 0.3) is 0 Å². The summed E-state index contributed by atoms with van der Waals surface area (Å²) in [5.41, 5.74) is 0.0904. The predicted molar refractivity (Wildman–Crippen MR) is 86.0 cm³/mol. The first-order valence-electron chi connectivity index (χ1n) is 5.55. The lowest BCUT2D eigenvalue weighted by Crippen LogP contribution is -2.06. The number of aromatic nitrogens is 1. The van der Waals surface area contributed by atoms with Crippen LogP contribution in [-0.2, 0) is 4.74 Å². The van der Waals surface area contributed by atoms with Crippen molar-refractivity contribution in [1.82, 2.24) is 4.98 Å². The molecule has 0 aliphatic carbocycles. The Balaban J connectivity index is 2.86. The highest BCUT2D eigenvalue weighted by molar-refractivity contribution is 6.56. The van der Waals surface area contributed by atoms with E-state index >= 15 is 0 Å². The molecule has 0 radical (unpaired) electrons. The third-order valence-corrected chi connectivity index (χ3v) is 5.03. The number of methoxy groups -OCH3 is 1. The van der Waals surface area contributed by atoms with E-state index in [-0.39, 0.29) is 41.8 Å². The van der Waals surface area contributed by atoms with E-state index in [1.54, 1.807) is 0 Å². The van der Waals surface area contributed by atoms with Gasteiger partial charge in [0, 0.05) is 23.4 Å². The standard InChI is InChI=1S/C13H5Cl5FNO2/c1-22-13(21)4-2-6(19)20-3-5(4)7-8(14)10(16)12(18)11(17)9(7)15/h2-3H,1H3. The van der Waals surface area contributed by atoms with Crippen molar-refractivity contribution in [3.63, 3.8) is 0 Å². The molecule has 0 spiro atoms. The Morgan fingerprint density at radius 1 is 1.05 bits per heavy atom. The van der Waals surface area contributed by atoms with Crippen LogP contribution in [0.1, 0.15) is 10.4 Å². The fraction of sp³-hybridized carbons (Fsp3) is 0.0769. The molecule has 2 aromatic rings. The number of esters is 1. The zero-order valence-corrected chi connectivity index (χ0v) is 14.5. The van der Waals surface area contributed by atoms with Crippen LogP contribution in [-0.4, -0.2) is 18.1 Å². The van der Waals surface area contributed by atoms with Crippen LogP contribution in [0.2, 0.25) is 25.1 Å². The maximum absolute atomic E-state index is 13.3. The molecule has 0 saturated carbocycles. The summed E-state index contributed by atoms with van der Waals surface area (Å²) in [5, 5.41) is -0.211. The number of halogens is 6. The summed E-state index contributed by atoms with van der Waals surface area (Å²) in [6.45, 7) is 0. The summed E-state index contributed by atoms with van der Waals surface area (Å²) in [6.07, 6.45) is 1.08.